The second-order valence-corrected chi connectivity index (χ2v) is 5.70. The Morgan fingerprint density at radius 1 is 1.25 bits per heavy atom. The fourth-order valence-electron chi connectivity index (χ4n) is 2.56. The molecule has 0 heterocycles. The predicted octanol–water partition coefficient (Wildman–Crippen LogP) is 1.35. The van der Waals surface area contributed by atoms with Crippen LogP contribution in [-0.4, -0.2) is 30.4 Å². The quantitative estimate of drug-likeness (QED) is 0.692. The fourth-order valence-corrected chi connectivity index (χ4v) is 2.56. The smallest absolute Gasteiger partial charge is 0.224 e. The maximum atomic E-state index is 12.1. The van der Waals surface area contributed by atoms with Crippen molar-refractivity contribution in [3.63, 3.8) is 0 Å². The number of rotatable bonds is 6. The second kappa shape index (κ2) is 9.19. The first-order valence-corrected chi connectivity index (χ1v) is 7.30. The summed E-state index contributed by atoms with van der Waals surface area (Å²) in [6, 6.07) is 0. The lowest BCUT2D eigenvalue weighted by molar-refractivity contribution is -0.128. The van der Waals surface area contributed by atoms with Crippen molar-refractivity contribution in [1.82, 2.24) is 10.6 Å². The van der Waals surface area contributed by atoms with Gasteiger partial charge in [-0.3, -0.25) is 9.59 Å². The van der Waals surface area contributed by atoms with Crippen molar-refractivity contribution in [2.24, 2.45) is 11.7 Å². The van der Waals surface area contributed by atoms with Crippen LogP contribution in [0.3, 0.4) is 0 Å². The Balaban J connectivity index is 0.00000361. The number of nitrogens with two attached hydrogens (primary N) is 1. The Morgan fingerprint density at radius 3 is 2.55 bits per heavy atom. The molecule has 0 saturated heterocycles. The molecular weight excluding hydrogens is 278 g/mol. The topological polar surface area (TPSA) is 84.2 Å². The molecule has 5 nitrogen and oxygen atoms in total. The van der Waals surface area contributed by atoms with Crippen LogP contribution in [0.25, 0.3) is 0 Å². The summed E-state index contributed by atoms with van der Waals surface area (Å²) in [5, 5.41) is 5.62. The zero-order chi connectivity index (χ0) is 14.3. The van der Waals surface area contributed by atoms with Crippen LogP contribution in [0.5, 0.6) is 0 Å². The van der Waals surface area contributed by atoms with E-state index < -0.39 is 5.54 Å². The molecule has 0 spiro atoms. The van der Waals surface area contributed by atoms with Crippen molar-refractivity contribution in [2.75, 3.05) is 13.1 Å². The number of halogens is 1. The number of nitrogens with one attached hydrogen (secondary N) is 2. The lowest BCUT2D eigenvalue weighted by atomic mass is 9.74. The molecule has 0 aromatic carbocycles. The maximum absolute atomic E-state index is 12.1. The molecule has 118 valence electrons. The van der Waals surface area contributed by atoms with E-state index in [1.165, 1.54) is 0 Å². The van der Waals surface area contributed by atoms with Crippen molar-refractivity contribution in [3.05, 3.63) is 0 Å². The highest BCUT2D eigenvalue weighted by Gasteiger charge is 2.37. The van der Waals surface area contributed by atoms with Gasteiger partial charge in [0.15, 0.2) is 0 Å². The molecule has 20 heavy (non-hydrogen) atoms. The van der Waals surface area contributed by atoms with Crippen molar-refractivity contribution in [2.45, 2.75) is 57.9 Å². The van der Waals surface area contributed by atoms with Crippen molar-refractivity contribution in [1.29, 1.82) is 0 Å². The lowest BCUT2D eigenvalue weighted by Crippen LogP contribution is -2.53. The zero-order valence-corrected chi connectivity index (χ0v) is 13.4. The molecule has 1 aliphatic rings. The van der Waals surface area contributed by atoms with E-state index in [1.807, 2.05) is 13.8 Å². The maximum Gasteiger partial charge on any atom is 0.224 e. The van der Waals surface area contributed by atoms with Crippen LogP contribution in [-0.2, 0) is 9.59 Å². The summed E-state index contributed by atoms with van der Waals surface area (Å²) in [6.45, 7) is 5.04. The Labute approximate surface area is 127 Å². The molecule has 0 radical (unpaired) electrons. The summed E-state index contributed by atoms with van der Waals surface area (Å²) in [4.78, 5) is 23.5. The standard InChI is InChI=1S/C14H27N3O2.ClH/c1-3-9-16-12(18)7-10-17-13(19)11-6-4-5-8-14(11,2)15;/h11H,3-10,15H2,1-2H3,(H,16,18)(H,17,19);1H. The number of hydrogen-bond donors (Lipinski definition) is 3. The van der Waals surface area contributed by atoms with Crippen LogP contribution >= 0.6 is 12.4 Å². The van der Waals surface area contributed by atoms with Gasteiger partial charge in [0.25, 0.3) is 0 Å². The molecule has 0 aliphatic heterocycles. The van der Waals surface area contributed by atoms with E-state index in [4.69, 9.17) is 5.73 Å². The minimum Gasteiger partial charge on any atom is -0.356 e. The van der Waals surface area contributed by atoms with E-state index in [-0.39, 0.29) is 30.1 Å². The summed E-state index contributed by atoms with van der Waals surface area (Å²) in [5.41, 5.74) is 5.77. The van der Waals surface area contributed by atoms with Crippen molar-refractivity contribution >= 4 is 24.2 Å². The SMILES string of the molecule is CCCNC(=O)CCNC(=O)C1CCCCC1(C)N.Cl. The summed E-state index contributed by atoms with van der Waals surface area (Å²) in [5.74, 6) is -0.144. The Kier molecular flexibility index (Phi) is 8.81. The van der Waals surface area contributed by atoms with E-state index in [0.717, 1.165) is 32.1 Å². The number of amides is 2. The van der Waals surface area contributed by atoms with E-state index >= 15 is 0 Å². The summed E-state index contributed by atoms with van der Waals surface area (Å²) < 4.78 is 0. The van der Waals surface area contributed by atoms with Gasteiger partial charge in [0.2, 0.25) is 11.8 Å². The third-order valence-corrected chi connectivity index (χ3v) is 3.79. The number of carbonyl (C=O) groups excluding carboxylic acids is 2. The normalized spacial score (nSPS) is 25.4. The van der Waals surface area contributed by atoms with Crippen LogP contribution in [0.1, 0.15) is 52.4 Å². The van der Waals surface area contributed by atoms with Crippen LogP contribution < -0.4 is 16.4 Å². The molecular formula is C14H28ClN3O2. The first kappa shape index (κ1) is 19.2. The van der Waals surface area contributed by atoms with E-state index in [1.54, 1.807) is 0 Å². The van der Waals surface area contributed by atoms with E-state index in [9.17, 15) is 9.59 Å². The molecule has 6 heteroatoms. The lowest BCUT2D eigenvalue weighted by Gasteiger charge is -2.37. The molecule has 0 bridgehead atoms. The third kappa shape index (κ3) is 6.09. The van der Waals surface area contributed by atoms with Gasteiger partial charge in [0, 0.05) is 25.0 Å². The Bertz CT molecular complexity index is 322. The highest BCUT2D eigenvalue weighted by Crippen LogP contribution is 2.31. The molecule has 0 aromatic rings. The van der Waals surface area contributed by atoms with Gasteiger partial charge in [0.1, 0.15) is 0 Å². The number of hydrogen-bond acceptors (Lipinski definition) is 3. The number of carbonyl (C=O) groups is 2. The van der Waals surface area contributed by atoms with Gasteiger partial charge in [-0.2, -0.15) is 0 Å². The predicted molar refractivity (Wildman–Crippen MR) is 82.7 cm³/mol. The minimum atomic E-state index is -0.410. The highest BCUT2D eigenvalue weighted by atomic mass is 35.5. The molecule has 0 aromatic heterocycles. The fraction of sp³-hybridized carbons (Fsp3) is 0.857. The molecule has 2 unspecified atom stereocenters. The van der Waals surface area contributed by atoms with Gasteiger partial charge in [-0.1, -0.05) is 19.8 Å². The van der Waals surface area contributed by atoms with Gasteiger partial charge < -0.3 is 16.4 Å². The molecule has 1 saturated carbocycles. The van der Waals surface area contributed by atoms with Gasteiger partial charge in [-0.15, -0.1) is 12.4 Å². The van der Waals surface area contributed by atoms with Gasteiger partial charge in [-0.25, -0.2) is 0 Å². The zero-order valence-electron chi connectivity index (χ0n) is 12.5. The Morgan fingerprint density at radius 2 is 1.95 bits per heavy atom. The van der Waals surface area contributed by atoms with E-state index in [2.05, 4.69) is 10.6 Å². The van der Waals surface area contributed by atoms with Crippen LogP contribution in [0.2, 0.25) is 0 Å². The summed E-state index contributed by atoms with van der Waals surface area (Å²) >= 11 is 0. The van der Waals surface area contributed by atoms with E-state index in [0.29, 0.717) is 19.5 Å². The first-order chi connectivity index (χ1) is 8.97. The average molecular weight is 306 g/mol. The highest BCUT2D eigenvalue weighted by molar-refractivity contribution is 5.85. The monoisotopic (exact) mass is 305 g/mol. The van der Waals surface area contributed by atoms with Crippen molar-refractivity contribution in [3.8, 4) is 0 Å². The second-order valence-electron chi connectivity index (χ2n) is 5.70. The van der Waals surface area contributed by atoms with Crippen LogP contribution in [0.4, 0.5) is 0 Å². The van der Waals surface area contributed by atoms with Crippen LogP contribution in [0.15, 0.2) is 0 Å². The summed E-state index contributed by atoms with van der Waals surface area (Å²) in [7, 11) is 0. The van der Waals surface area contributed by atoms with Gasteiger partial charge in [0.05, 0.1) is 5.92 Å². The molecule has 1 rings (SSSR count). The third-order valence-electron chi connectivity index (χ3n) is 3.79. The molecule has 1 fully saturated rings. The van der Waals surface area contributed by atoms with Gasteiger partial charge in [-0.05, 0) is 26.2 Å². The minimum absolute atomic E-state index is 0. The molecule has 1 aliphatic carbocycles. The van der Waals surface area contributed by atoms with Crippen LogP contribution in [0, 0.1) is 5.92 Å². The van der Waals surface area contributed by atoms with Crippen molar-refractivity contribution < 1.29 is 9.59 Å². The average Bonchev–Trinajstić information content (AvgIpc) is 2.35. The largest absolute Gasteiger partial charge is 0.356 e. The molecule has 2 amide bonds. The molecule has 4 N–H and O–H groups in total. The van der Waals surface area contributed by atoms with Gasteiger partial charge >= 0.3 is 0 Å². The first-order valence-electron chi connectivity index (χ1n) is 7.30. The molecule has 2 atom stereocenters. The summed E-state index contributed by atoms with van der Waals surface area (Å²) in [6.07, 6.45) is 5.15. The Hall–Kier alpha value is -0.810.